The summed E-state index contributed by atoms with van der Waals surface area (Å²) in [6.07, 6.45) is -6.24. The summed E-state index contributed by atoms with van der Waals surface area (Å²) in [5, 5.41) is 0. The minimum Gasteiger partial charge on any atom is -0.439 e. The number of ether oxygens (including phenoxy) is 1. The van der Waals surface area contributed by atoms with Crippen molar-refractivity contribution in [2.45, 2.75) is 6.92 Å². The van der Waals surface area contributed by atoms with Gasteiger partial charge < -0.3 is 4.74 Å². The van der Waals surface area contributed by atoms with Crippen LogP contribution in [0, 0.1) is 87.3 Å². The van der Waals surface area contributed by atoms with Crippen molar-refractivity contribution < 1.29 is 75.4 Å². The first-order valence-electron chi connectivity index (χ1n) is 10.0. The Balaban J connectivity index is 2.90. The second-order valence-corrected chi connectivity index (χ2v) is 7.82. The number of hydrogen-bond donors (Lipinski definition) is 0. The van der Waals surface area contributed by atoms with Crippen LogP contribution in [-0.4, -0.2) is 12.1 Å². The molecule has 0 aromatic heterocycles. The van der Waals surface area contributed by atoms with E-state index >= 15 is 26.3 Å². The monoisotopic (exact) mass is 597 g/mol. The van der Waals surface area contributed by atoms with Crippen molar-refractivity contribution in [3.8, 4) is 0 Å². The fraction of sp³-hybridized carbons (Fsp3) is 0.0455. The minimum absolute atomic E-state index is 0.337. The molecule has 0 radical (unpaired) electrons. The topological polar surface area (TPSA) is 26.3 Å². The molecule has 18 heteroatoms. The van der Waals surface area contributed by atoms with Crippen LogP contribution in [0.15, 0.2) is 12.2 Å². The Morgan fingerprint density at radius 3 is 0.850 bits per heavy atom. The zero-order valence-electron chi connectivity index (χ0n) is 18.7. The highest BCUT2D eigenvalue weighted by Gasteiger charge is 2.46. The molecule has 0 aliphatic heterocycles. The molecule has 0 atom stereocenters. The van der Waals surface area contributed by atoms with Crippen molar-refractivity contribution in [1.29, 1.82) is 0 Å². The van der Waals surface area contributed by atoms with Gasteiger partial charge in [-0.15, -0.1) is 16.4 Å². The summed E-state index contributed by atoms with van der Waals surface area (Å²) in [5.41, 5.74) is -8.52. The van der Waals surface area contributed by atoms with Gasteiger partial charge in [0.2, 0.25) is 0 Å². The van der Waals surface area contributed by atoms with Gasteiger partial charge in [0.05, 0.1) is 6.26 Å². The van der Waals surface area contributed by atoms with E-state index in [1.54, 1.807) is 0 Å². The third-order valence-corrected chi connectivity index (χ3v) is 5.70. The van der Waals surface area contributed by atoms with E-state index in [1.807, 2.05) is 0 Å². The van der Waals surface area contributed by atoms with Gasteiger partial charge in [-0.05, 0) is 0 Å². The molecule has 0 N–H and O–H groups in total. The first kappa shape index (κ1) is 30.4. The molecule has 0 amide bonds. The lowest BCUT2D eigenvalue weighted by atomic mass is 9.15. The van der Waals surface area contributed by atoms with Gasteiger partial charge in [-0.3, -0.25) is 4.79 Å². The number of benzene rings is 3. The molecular formula is C22H5BF15O2-. The van der Waals surface area contributed by atoms with E-state index < -0.39 is 122 Å². The molecule has 0 unspecified atom stereocenters. The van der Waals surface area contributed by atoms with E-state index in [4.69, 9.17) is 0 Å². The molecular weight excluding hydrogens is 592 g/mol. The molecule has 0 aliphatic rings. The number of halogens is 15. The van der Waals surface area contributed by atoms with Crippen LogP contribution in [0.4, 0.5) is 65.9 Å². The third kappa shape index (κ3) is 4.25. The highest BCUT2D eigenvalue weighted by molar-refractivity contribution is 7.15. The smallest absolute Gasteiger partial charge is 0.307 e. The zero-order valence-corrected chi connectivity index (χ0v) is 18.7. The van der Waals surface area contributed by atoms with E-state index in [0.717, 1.165) is 0 Å². The van der Waals surface area contributed by atoms with E-state index in [-0.39, 0.29) is 6.26 Å². The largest absolute Gasteiger partial charge is 0.439 e. The number of rotatable bonds is 5. The van der Waals surface area contributed by atoms with Gasteiger partial charge in [-0.1, -0.05) is 0 Å². The van der Waals surface area contributed by atoms with Crippen LogP contribution in [0.1, 0.15) is 6.92 Å². The SMILES string of the molecule is CC(=O)O/C=C\[B-](c1c(F)c(F)c(F)c(F)c1F)(c1c(F)c(F)c(F)c(F)c1F)c1c(F)c(F)c(F)c(F)c1F. The Labute approximate surface area is 211 Å². The van der Waals surface area contributed by atoms with Crippen molar-refractivity contribution in [2.24, 2.45) is 0 Å². The zero-order chi connectivity index (χ0) is 30.6. The van der Waals surface area contributed by atoms with E-state index in [9.17, 15) is 44.3 Å². The molecule has 0 aliphatic carbocycles. The van der Waals surface area contributed by atoms with E-state index in [1.165, 1.54) is 0 Å². The first-order chi connectivity index (χ1) is 18.4. The highest BCUT2D eigenvalue weighted by atomic mass is 19.2. The fourth-order valence-corrected chi connectivity index (χ4v) is 4.04. The minimum atomic E-state index is -5.90. The van der Waals surface area contributed by atoms with Gasteiger partial charge in [0.15, 0.2) is 52.4 Å². The molecule has 0 saturated carbocycles. The average Bonchev–Trinajstić information content (AvgIpc) is 2.90. The van der Waals surface area contributed by atoms with Gasteiger partial charge >= 0.3 is 5.97 Å². The Morgan fingerprint density at radius 1 is 0.450 bits per heavy atom. The van der Waals surface area contributed by atoms with Crippen molar-refractivity contribution in [3.05, 3.63) is 99.5 Å². The van der Waals surface area contributed by atoms with E-state index in [0.29, 0.717) is 6.92 Å². The maximum atomic E-state index is 15.1. The molecule has 0 spiro atoms. The predicted octanol–water partition coefficient (Wildman–Crippen LogP) is 4.86. The van der Waals surface area contributed by atoms with Crippen molar-refractivity contribution in [1.82, 2.24) is 0 Å². The van der Waals surface area contributed by atoms with Gasteiger partial charge in [0, 0.05) is 6.92 Å². The maximum absolute atomic E-state index is 15.1. The first-order valence-corrected chi connectivity index (χ1v) is 10.0. The summed E-state index contributed by atoms with van der Waals surface area (Å²) < 4.78 is 221. The molecule has 3 aromatic carbocycles. The standard InChI is InChI=1S/C22H5BF15O2/c1-4(39)40-3-2-23(5-8(24)14(30)20(36)15(31)9(5)25,6-10(26)16(32)21(37)17(33)11(6)27)7-12(28)18(34)22(38)19(35)13(7)29/h2-3H,1H3/q-1/b3-2-. The third-order valence-electron chi connectivity index (χ3n) is 5.70. The van der Waals surface area contributed by atoms with Gasteiger partial charge in [0.25, 0.3) is 0 Å². The van der Waals surface area contributed by atoms with Crippen LogP contribution < -0.4 is 16.4 Å². The Kier molecular flexibility index (Phi) is 7.96. The van der Waals surface area contributed by atoms with Crippen LogP contribution in [0.2, 0.25) is 0 Å². The molecule has 0 fully saturated rings. The summed E-state index contributed by atoms with van der Waals surface area (Å²) in [4.78, 5) is 11.2. The Morgan fingerprint density at radius 2 is 0.650 bits per heavy atom. The lowest BCUT2D eigenvalue weighted by Gasteiger charge is -2.41. The lowest BCUT2D eigenvalue weighted by molar-refractivity contribution is -0.135. The fourth-order valence-electron chi connectivity index (χ4n) is 4.04. The number of carbonyl (C=O) groups is 1. The van der Waals surface area contributed by atoms with Crippen LogP contribution in [0.3, 0.4) is 0 Å². The van der Waals surface area contributed by atoms with Crippen molar-refractivity contribution in [3.63, 3.8) is 0 Å². The summed E-state index contributed by atoms with van der Waals surface area (Å²) >= 11 is 0. The summed E-state index contributed by atoms with van der Waals surface area (Å²) in [6, 6.07) is 0. The molecule has 0 heterocycles. The Hall–Kier alpha value is -4.12. The number of hydrogen-bond acceptors (Lipinski definition) is 2. The Bertz CT molecular complexity index is 1360. The van der Waals surface area contributed by atoms with Gasteiger partial charge in [0.1, 0.15) is 41.0 Å². The number of esters is 1. The molecule has 0 saturated heterocycles. The molecule has 2 nitrogen and oxygen atoms in total. The van der Waals surface area contributed by atoms with E-state index in [2.05, 4.69) is 4.74 Å². The maximum Gasteiger partial charge on any atom is 0.307 e. The van der Waals surface area contributed by atoms with Crippen LogP contribution in [-0.2, 0) is 9.53 Å². The van der Waals surface area contributed by atoms with Crippen molar-refractivity contribution >= 4 is 28.5 Å². The molecule has 0 bridgehead atoms. The summed E-state index contributed by atoms with van der Waals surface area (Å²) in [5.74, 6) is -49.0. The van der Waals surface area contributed by atoms with Gasteiger partial charge in [-0.2, -0.15) is 5.98 Å². The molecule has 214 valence electrons. The summed E-state index contributed by atoms with van der Waals surface area (Å²) in [6.45, 7) is 0.522. The van der Waals surface area contributed by atoms with Gasteiger partial charge in [-0.25, -0.2) is 65.9 Å². The highest BCUT2D eigenvalue weighted by Crippen LogP contribution is 2.28. The lowest BCUT2D eigenvalue weighted by Crippen LogP contribution is -2.72. The predicted molar refractivity (Wildman–Crippen MR) is 104 cm³/mol. The second-order valence-electron chi connectivity index (χ2n) is 7.82. The average molecular weight is 597 g/mol. The van der Waals surface area contributed by atoms with Crippen LogP contribution in [0.25, 0.3) is 0 Å². The molecule has 3 aromatic rings. The van der Waals surface area contributed by atoms with Crippen LogP contribution >= 0.6 is 0 Å². The molecule has 40 heavy (non-hydrogen) atoms. The normalized spacial score (nSPS) is 12.0. The van der Waals surface area contributed by atoms with Crippen LogP contribution in [0.5, 0.6) is 0 Å². The summed E-state index contributed by atoms with van der Waals surface area (Å²) in [7, 11) is 0. The molecule has 3 rings (SSSR count). The number of carbonyl (C=O) groups excluding carboxylic acids is 1. The second kappa shape index (κ2) is 10.5. The van der Waals surface area contributed by atoms with Crippen molar-refractivity contribution in [2.75, 3.05) is 0 Å². The quantitative estimate of drug-likeness (QED) is 0.105.